The van der Waals surface area contributed by atoms with Crippen LogP contribution in [0.15, 0.2) is 200 Å². The number of Topliss-reactive ketones (excluding diaryl/α,β-unsaturated/α-hetero) is 3. The zero-order chi connectivity index (χ0) is 65.2. The summed E-state index contributed by atoms with van der Waals surface area (Å²) in [6.45, 7) is 3.36. The number of hydrogen-bond acceptors (Lipinski definition) is 19. The standard InChI is InChI=1S/C18H12F3N5.C13H11BrN2O2.C13H12N2O2.C7H7NO.C6H6BrNO.C5H4F3N3/c1-11-5-6-12(9-23-11)17-16(14-4-2-3-7-22-14)25-15-8-13(18(19,20)21)10-24-26(15)17;1-18-11-6-5-9(8-16-11)12(14)13(17)10-4-2-3-7-15-10;1-17-13-6-5-10(9-15-13)8-12(16)11-4-2-3-7-14-11;1-6(9)7-4-2-3-5-8-7;1-9-6-3-2-5(7)4-8-6;6-5(7,8)3-1-4(9)11-10-2-3/h2-10H,1H3;2-8,12H,1H3;2-7,9H,8H2,1H3;2-5H,1H3;2-4H,1H3;1-2H,(H2,9,11). The number of imidazole rings is 1. The fraction of sp³-hybridized carbons (Fsp3) is 0.145. The molecular weight excluding hydrogens is 1310 g/mol. The number of aromatic nitrogens is 13. The first-order chi connectivity index (χ1) is 43.1. The van der Waals surface area contributed by atoms with Crippen molar-refractivity contribution in [1.82, 2.24) is 64.7 Å². The number of alkyl halides is 7. The first-order valence-corrected chi connectivity index (χ1v) is 27.8. The summed E-state index contributed by atoms with van der Waals surface area (Å²) in [7, 11) is 4.70. The Kier molecular flexibility index (Phi) is 25.7. The summed E-state index contributed by atoms with van der Waals surface area (Å²) in [5, 5.41) is 10.2. The summed E-state index contributed by atoms with van der Waals surface area (Å²) >= 11 is 6.62. The molecule has 0 aromatic carbocycles. The number of methoxy groups -OCH3 is 3. The van der Waals surface area contributed by atoms with E-state index in [-0.39, 0.29) is 28.8 Å². The molecule has 20 nitrogen and oxygen atoms in total. The maximum absolute atomic E-state index is 13.0. The van der Waals surface area contributed by atoms with Crippen molar-refractivity contribution in [3.8, 4) is 40.3 Å². The van der Waals surface area contributed by atoms with Crippen molar-refractivity contribution in [2.45, 2.75) is 37.4 Å². The molecule has 0 radical (unpaired) electrons. The van der Waals surface area contributed by atoms with Crippen LogP contribution in [-0.2, 0) is 18.8 Å². The molecule has 11 rings (SSSR count). The molecule has 0 saturated heterocycles. The van der Waals surface area contributed by atoms with Gasteiger partial charge in [-0.15, -0.1) is 5.10 Å². The number of aryl methyl sites for hydroxylation is 1. The molecule has 0 aliphatic carbocycles. The van der Waals surface area contributed by atoms with Gasteiger partial charge in [0.2, 0.25) is 17.6 Å². The Hall–Kier alpha value is -10.3. The van der Waals surface area contributed by atoms with Gasteiger partial charge in [0.15, 0.2) is 23.0 Å². The number of nitrogens with two attached hydrogens (primary N) is 1. The Morgan fingerprint density at radius 3 is 1.60 bits per heavy atom. The van der Waals surface area contributed by atoms with Crippen LogP contribution in [0.4, 0.5) is 32.2 Å². The van der Waals surface area contributed by atoms with Crippen molar-refractivity contribution >= 4 is 60.7 Å². The maximum atomic E-state index is 13.0. The van der Waals surface area contributed by atoms with Gasteiger partial charge in [-0.05, 0) is 113 Å². The second-order valence-corrected chi connectivity index (χ2v) is 19.8. The van der Waals surface area contributed by atoms with Crippen LogP contribution in [0.5, 0.6) is 17.6 Å². The van der Waals surface area contributed by atoms with Gasteiger partial charge in [-0.3, -0.25) is 39.3 Å². The molecule has 0 aliphatic heterocycles. The van der Waals surface area contributed by atoms with E-state index in [1.165, 1.54) is 11.4 Å². The van der Waals surface area contributed by atoms with E-state index in [1.54, 1.807) is 168 Å². The first kappa shape index (κ1) is 68.8. The van der Waals surface area contributed by atoms with Gasteiger partial charge >= 0.3 is 12.4 Å². The van der Waals surface area contributed by atoms with Crippen molar-refractivity contribution in [2.24, 2.45) is 0 Å². The summed E-state index contributed by atoms with van der Waals surface area (Å²) in [6, 6.07) is 37.2. The summed E-state index contributed by atoms with van der Waals surface area (Å²) < 4.78 is 91.7. The van der Waals surface area contributed by atoms with Crippen LogP contribution in [0, 0.1) is 6.92 Å². The van der Waals surface area contributed by atoms with E-state index in [9.17, 15) is 40.7 Å². The van der Waals surface area contributed by atoms with Crippen LogP contribution < -0.4 is 19.9 Å². The molecule has 1 atom stereocenters. The number of ether oxygens (including phenoxy) is 3. The van der Waals surface area contributed by atoms with Crippen molar-refractivity contribution < 1.29 is 54.9 Å². The van der Waals surface area contributed by atoms with Gasteiger partial charge in [-0.25, -0.2) is 24.5 Å². The predicted octanol–water partition coefficient (Wildman–Crippen LogP) is 13.1. The number of fused-ring (bicyclic) bond motifs is 1. The minimum atomic E-state index is -4.49. The average Bonchev–Trinajstić information content (AvgIpc) is 1.75. The highest BCUT2D eigenvalue weighted by Gasteiger charge is 2.33. The first-order valence-electron chi connectivity index (χ1n) is 26.1. The third-order valence-electron chi connectivity index (χ3n) is 11.6. The van der Waals surface area contributed by atoms with Gasteiger partial charge in [0, 0.05) is 96.8 Å². The number of nitrogens with zero attached hydrogens (tertiary/aromatic N) is 13. The van der Waals surface area contributed by atoms with E-state index in [0.29, 0.717) is 70.0 Å². The Morgan fingerprint density at radius 2 is 1.14 bits per heavy atom. The Morgan fingerprint density at radius 1 is 0.589 bits per heavy atom. The number of nitrogen functional groups attached to an aromatic ring is 1. The van der Waals surface area contributed by atoms with Crippen LogP contribution in [-0.4, -0.2) is 103 Å². The second kappa shape index (κ2) is 33.7. The Bertz CT molecular complexity index is 4020. The van der Waals surface area contributed by atoms with Crippen molar-refractivity contribution in [1.29, 1.82) is 0 Å². The lowest BCUT2D eigenvalue weighted by atomic mass is 10.1. The minimum absolute atomic E-state index is 0.00981. The van der Waals surface area contributed by atoms with Gasteiger partial charge in [0.05, 0.1) is 50.5 Å². The molecule has 0 amide bonds. The number of anilines is 1. The summed E-state index contributed by atoms with van der Waals surface area (Å²) in [5.74, 6) is 1.36. The van der Waals surface area contributed by atoms with E-state index in [2.05, 4.69) is 92.0 Å². The maximum Gasteiger partial charge on any atom is 0.418 e. The zero-order valence-corrected chi connectivity index (χ0v) is 51.3. The highest BCUT2D eigenvalue weighted by molar-refractivity contribution is 9.10. The molecule has 2 N–H and O–H groups in total. The second-order valence-electron chi connectivity index (χ2n) is 18.0. The highest BCUT2D eigenvalue weighted by atomic mass is 79.9. The fourth-order valence-electron chi connectivity index (χ4n) is 7.12. The fourth-order valence-corrected chi connectivity index (χ4v) is 7.86. The van der Waals surface area contributed by atoms with E-state index in [0.717, 1.165) is 39.6 Å². The molecule has 11 aromatic heterocycles. The molecular formula is C62H52Br2F6N14O6. The highest BCUT2D eigenvalue weighted by Crippen LogP contribution is 2.35. The van der Waals surface area contributed by atoms with Crippen molar-refractivity contribution in [3.05, 3.63) is 245 Å². The van der Waals surface area contributed by atoms with Crippen LogP contribution in [0.3, 0.4) is 0 Å². The van der Waals surface area contributed by atoms with Crippen LogP contribution in [0.25, 0.3) is 28.3 Å². The van der Waals surface area contributed by atoms with Gasteiger partial charge in [-0.1, -0.05) is 52.3 Å². The molecule has 90 heavy (non-hydrogen) atoms. The quantitative estimate of drug-likeness (QED) is 0.0676. The molecule has 0 spiro atoms. The summed E-state index contributed by atoms with van der Waals surface area (Å²) in [6.07, 6.45) is 5.83. The molecule has 11 aromatic rings. The molecule has 0 saturated carbocycles. The van der Waals surface area contributed by atoms with Gasteiger partial charge in [0.25, 0.3) is 0 Å². The van der Waals surface area contributed by atoms with Crippen molar-refractivity contribution in [3.63, 3.8) is 0 Å². The lowest BCUT2D eigenvalue weighted by Gasteiger charge is -2.08. The van der Waals surface area contributed by atoms with E-state index in [1.807, 2.05) is 31.2 Å². The number of carbonyl (C=O) groups excluding carboxylic acids is 3. The van der Waals surface area contributed by atoms with Gasteiger partial charge in [-0.2, -0.15) is 36.5 Å². The lowest BCUT2D eigenvalue weighted by molar-refractivity contribution is -0.138. The van der Waals surface area contributed by atoms with E-state index >= 15 is 0 Å². The predicted molar refractivity (Wildman–Crippen MR) is 327 cm³/mol. The smallest absolute Gasteiger partial charge is 0.418 e. The summed E-state index contributed by atoms with van der Waals surface area (Å²) in [5.41, 5.74) is 9.44. The molecule has 28 heteroatoms. The number of ketones is 3. The Balaban J connectivity index is 0.000000180. The van der Waals surface area contributed by atoms with Crippen LogP contribution in [0.2, 0.25) is 0 Å². The van der Waals surface area contributed by atoms with Crippen LogP contribution in [0.1, 0.15) is 71.2 Å². The molecule has 0 fully saturated rings. The van der Waals surface area contributed by atoms with E-state index < -0.39 is 28.3 Å². The number of rotatable bonds is 12. The molecule has 0 bridgehead atoms. The van der Waals surface area contributed by atoms with Crippen molar-refractivity contribution in [2.75, 3.05) is 27.1 Å². The molecule has 11 heterocycles. The SMILES string of the molecule is CC(=O)c1ccccn1.COc1ccc(Br)cn1.COc1ccc(C(Br)C(=O)c2ccccn2)cn1.COc1ccc(CC(=O)c2ccccn2)cn1.Cc1ccc(-c2c(-c3ccccn3)nc3cc(C(F)(F)F)cnn23)cn1.Nc1cc(C(F)(F)F)cnn1. The number of hydrogen-bond donors (Lipinski definition) is 1. The normalized spacial score (nSPS) is 10.9. The molecule has 462 valence electrons. The topological polar surface area (TPSA) is 264 Å². The number of pyridine rings is 8. The summed E-state index contributed by atoms with van der Waals surface area (Å²) in [4.78, 5) is 70.9. The number of carbonyl (C=O) groups is 3. The van der Waals surface area contributed by atoms with Gasteiger partial charge in [0.1, 0.15) is 39.1 Å². The molecule has 0 aliphatic rings. The third kappa shape index (κ3) is 21.2. The number of halogens is 8. The lowest BCUT2D eigenvalue weighted by Crippen LogP contribution is -2.09. The average molecular weight is 1360 g/mol. The van der Waals surface area contributed by atoms with Gasteiger partial charge < -0.3 is 19.9 Å². The third-order valence-corrected chi connectivity index (χ3v) is 13.0. The molecule has 1 unspecified atom stereocenters. The Labute approximate surface area is 527 Å². The monoisotopic (exact) mass is 1360 g/mol. The van der Waals surface area contributed by atoms with E-state index in [4.69, 9.17) is 19.9 Å². The minimum Gasteiger partial charge on any atom is -0.481 e. The zero-order valence-electron chi connectivity index (χ0n) is 48.1. The van der Waals surface area contributed by atoms with Crippen LogP contribution >= 0.6 is 31.9 Å². The largest absolute Gasteiger partial charge is 0.481 e.